The van der Waals surface area contributed by atoms with Gasteiger partial charge in [0.2, 0.25) is 0 Å². The van der Waals surface area contributed by atoms with Crippen LogP contribution in [0.15, 0.2) is 24.3 Å². The van der Waals surface area contributed by atoms with Crippen LogP contribution in [0.25, 0.3) is 0 Å². The molecular weight excluding hydrogens is 378 g/mol. The van der Waals surface area contributed by atoms with E-state index in [0.29, 0.717) is 39.3 Å². The number of ether oxygens (including phenoxy) is 1. The lowest BCUT2D eigenvalue weighted by molar-refractivity contribution is -0.142. The predicted molar refractivity (Wildman–Crippen MR) is 106 cm³/mol. The highest BCUT2D eigenvalue weighted by atomic mass is 16.5. The predicted octanol–water partition coefficient (Wildman–Crippen LogP) is -0.00910. The van der Waals surface area contributed by atoms with Crippen molar-refractivity contribution < 1.29 is 29.3 Å². The molecule has 160 valence electrons. The number of benzene rings is 1. The first-order chi connectivity index (χ1) is 13.9. The van der Waals surface area contributed by atoms with Crippen LogP contribution in [0.5, 0.6) is 0 Å². The second kappa shape index (κ2) is 11.5. The zero-order valence-electron chi connectivity index (χ0n) is 16.7. The summed E-state index contributed by atoms with van der Waals surface area (Å²) in [5, 5.41) is 18.0. The van der Waals surface area contributed by atoms with E-state index in [1.165, 1.54) is 7.11 Å². The van der Waals surface area contributed by atoms with Crippen LogP contribution in [-0.2, 0) is 32.1 Å². The van der Waals surface area contributed by atoms with Gasteiger partial charge in [0, 0.05) is 45.8 Å². The minimum atomic E-state index is -0.871. The number of methoxy groups -OCH3 is 1. The summed E-state index contributed by atoms with van der Waals surface area (Å²) in [6.45, 7) is 4.70. The fraction of sp³-hybridized carbons (Fsp3) is 0.550. The molecule has 0 atom stereocenters. The molecule has 2 N–H and O–H groups in total. The maximum Gasteiger partial charge on any atom is 0.319 e. The van der Waals surface area contributed by atoms with Crippen molar-refractivity contribution >= 4 is 17.9 Å². The number of hydrogen-bond acceptors (Lipinski definition) is 7. The molecule has 1 aromatic carbocycles. The van der Waals surface area contributed by atoms with Gasteiger partial charge in [0.05, 0.1) is 26.6 Å². The Morgan fingerprint density at radius 1 is 0.793 bits per heavy atom. The van der Waals surface area contributed by atoms with Gasteiger partial charge in [-0.25, -0.2) is 0 Å². The molecule has 1 fully saturated rings. The Labute approximate surface area is 170 Å². The Morgan fingerprint density at radius 3 is 1.76 bits per heavy atom. The molecule has 0 unspecified atom stereocenters. The first-order valence-corrected chi connectivity index (χ1v) is 9.61. The molecule has 9 heteroatoms. The molecular formula is C20H29N3O6. The molecule has 0 aliphatic carbocycles. The van der Waals surface area contributed by atoms with E-state index in [1.807, 2.05) is 34.1 Å². The number of carboxylic acid groups (broad SMARTS) is 2. The Bertz CT molecular complexity index is 694. The van der Waals surface area contributed by atoms with Crippen LogP contribution < -0.4 is 0 Å². The number of carbonyl (C=O) groups excluding carboxylic acids is 1. The zero-order valence-corrected chi connectivity index (χ0v) is 16.7. The van der Waals surface area contributed by atoms with E-state index in [1.54, 1.807) is 0 Å². The summed E-state index contributed by atoms with van der Waals surface area (Å²) < 4.78 is 4.77. The van der Waals surface area contributed by atoms with E-state index in [2.05, 4.69) is 4.90 Å². The van der Waals surface area contributed by atoms with Crippen LogP contribution in [0.4, 0.5) is 0 Å². The number of hydrogen-bond donors (Lipinski definition) is 2. The first kappa shape index (κ1) is 22.8. The van der Waals surface area contributed by atoms with Crippen molar-refractivity contribution in [1.29, 1.82) is 0 Å². The van der Waals surface area contributed by atoms with Gasteiger partial charge in [-0.3, -0.25) is 29.1 Å². The number of esters is 1. The largest absolute Gasteiger partial charge is 0.481 e. The SMILES string of the molecule is COC(=O)CN1CCN(CC(=O)O)CCN(Cc2ccc(CC(=O)O)cc2)CC1. The van der Waals surface area contributed by atoms with Gasteiger partial charge in [-0.15, -0.1) is 0 Å². The van der Waals surface area contributed by atoms with Gasteiger partial charge in [0.1, 0.15) is 0 Å². The zero-order chi connectivity index (χ0) is 21.2. The van der Waals surface area contributed by atoms with Gasteiger partial charge >= 0.3 is 17.9 Å². The van der Waals surface area contributed by atoms with Gasteiger partial charge in [0.15, 0.2) is 0 Å². The van der Waals surface area contributed by atoms with Crippen LogP contribution in [-0.4, -0.2) is 102 Å². The first-order valence-electron chi connectivity index (χ1n) is 9.61. The highest BCUT2D eigenvalue weighted by Crippen LogP contribution is 2.10. The topological polar surface area (TPSA) is 111 Å². The molecule has 1 aliphatic heterocycles. The average molecular weight is 407 g/mol. The quantitative estimate of drug-likeness (QED) is 0.575. The van der Waals surface area contributed by atoms with Crippen molar-refractivity contribution in [3.8, 4) is 0 Å². The van der Waals surface area contributed by atoms with Crippen LogP contribution in [0.2, 0.25) is 0 Å². The Kier molecular flexibility index (Phi) is 9.04. The Morgan fingerprint density at radius 2 is 1.28 bits per heavy atom. The minimum absolute atomic E-state index is 0.00334. The van der Waals surface area contributed by atoms with E-state index >= 15 is 0 Å². The molecule has 29 heavy (non-hydrogen) atoms. The molecule has 1 heterocycles. The van der Waals surface area contributed by atoms with Crippen LogP contribution >= 0.6 is 0 Å². The molecule has 1 saturated heterocycles. The van der Waals surface area contributed by atoms with Crippen LogP contribution in [0.1, 0.15) is 11.1 Å². The number of nitrogens with zero attached hydrogens (tertiary/aromatic N) is 3. The molecule has 0 bridgehead atoms. The maximum absolute atomic E-state index is 11.7. The maximum atomic E-state index is 11.7. The summed E-state index contributed by atoms with van der Waals surface area (Å²) in [4.78, 5) is 39.7. The number of rotatable bonds is 8. The lowest BCUT2D eigenvalue weighted by atomic mass is 10.1. The normalized spacial score (nSPS) is 17.1. The molecule has 9 nitrogen and oxygen atoms in total. The van der Waals surface area contributed by atoms with Gasteiger partial charge in [0.25, 0.3) is 0 Å². The van der Waals surface area contributed by atoms with Crippen molar-refractivity contribution in [1.82, 2.24) is 14.7 Å². The molecule has 0 amide bonds. The second-order valence-electron chi connectivity index (χ2n) is 7.19. The summed E-state index contributed by atoms with van der Waals surface area (Å²) in [5.74, 6) is -2.04. The summed E-state index contributed by atoms with van der Waals surface area (Å²) in [6, 6.07) is 7.48. The van der Waals surface area contributed by atoms with Crippen LogP contribution in [0.3, 0.4) is 0 Å². The number of carboxylic acids is 2. The average Bonchev–Trinajstić information content (AvgIpc) is 2.75. The third kappa shape index (κ3) is 8.59. The third-order valence-corrected chi connectivity index (χ3v) is 4.92. The van der Waals surface area contributed by atoms with E-state index in [-0.39, 0.29) is 25.5 Å². The fourth-order valence-corrected chi connectivity index (χ4v) is 3.29. The van der Waals surface area contributed by atoms with Crippen molar-refractivity contribution in [2.45, 2.75) is 13.0 Å². The number of aliphatic carboxylic acids is 2. The van der Waals surface area contributed by atoms with Gasteiger partial charge in [-0.05, 0) is 11.1 Å². The smallest absolute Gasteiger partial charge is 0.319 e. The van der Waals surface area contributed by atoms with Crippen LogP contribution in [0, 0.1) is 0 Å². The monoisotopic (exact) mass is 407 g/mol. The lowest BCUT2D eigenvalue weighted by Gasteiger charge is -2.25. The molecule has 2 rings (SSSR count). The van der Waals surface area contributed by atoms with Gasteiger partial charge < -0.3 is 14.9 Å². The van der Waals surface area contributed by atoms with E-state index < -0.39 is 11.9 Å². The Balaban J connectivity index is 2.03. The van der Waals surface area contributed by atoms with Crippen molar-refractivity contribution in [2.75, 3.05) is 59.5 Å². The standard InChI is InChI=1S/C20H29N3O6/c1-29-20(28)15-23-10-7-21(6-8-22(9-11-23)14-19(26)27)13-17-4-2-16(3-5-17)12-18(24)25/h2-5H,6-15H2,1H3,(H,24,25)(H,26,27). The van der Waals surface area contributed by atoms with E-state index in [4.69, 9.17) is 14.9 Å². The summed E-state index contributed by atoms with van der Waals surface area (Å²) >= 11 is 0. The molecule has 0 saturated carbocycles. The molecule has 0 spiro atoms. The van der Waals surface area contributed by atoms with E-state index in [0.717, 1.165) is 17.7 Å². The minimum Gasteiger partial charge on any atom is -0.481 e. The number of carbonyl (C=O) groups is 3. The molecule has 0 aromatic heterocycles. The van der Waals surface area contributed by atoms with Gasteiger partial charge in [-0.1, -0.05) is 24.3 Å². The summed E-state index contributed by atoms with van der Waals surface area (Å²) in [6.07, 6.45) is -0.00334. The summed E-state index contributed by atoms with van der Waals surface area (Å²) in [5.41, 5.74) is 1.81. The third-order valence-electron chi connectivity index (χ3n) is 4.92. The fourth-order valence-electron chi connectivity index (χ4n) is 3.29. The molecule has 1 aromatic rings. The van der Waals surface area contributed by atoms with Crippen molar-refractivity contribution in [2.24, 2.45) is 0 Å². The lowest BCUT2D eigenvalue weighted by Crippen LogP contribution is -2.40. The molecule has 0 radical (unpaired) electrons. The Hall–Kier alpha value is -2.49. The highest BCUT2D eigenvalue weighted by molar-refractivity contribution is 5.71. The highest BCUT2D eigenvalue weighted by Gasteiger charge is 2.19. The van der Waals surface area contributed by atoms with Gasteiger partial charge in [-0.2, -0.15) is 0 Å². The van der Waals surface area contributed by atoms with Crippen molar-refractivity contribution in [3.05, 3.63) is 35.4 Å². The second-order valence-corrected chi connectivity index (χ2v) is 7.19. The van der Waals surface area contributed by atoms with Crippen molar-refractivity contribution in [3.63, 3.8) is 0 Å². The summed E-state index contributed by atoms with van der Waals surface area (Å²) in [7, 11) is 1.36. The molecule has 1 aliphatic rings. The van der Waals surface area contributed by atoms with E-state index in [9.17, 15) is 14.4 Å².